The summed E-state index contributed by atoms with van der Waals surface area (Å²) in [5, 5.41) is 12.2. The quantitative estimate of drug-likeness (QED) is 0.228. The maximum atomic E-state index is 11.6. The zero-order valence-corrected chi connectivity index (χ0v) is 13.1. The predicted molar refractivity (Wildman–Crippen MR) is 86.1 cm³/mol. The molecule has 10 nitrogen and oxygen atoms in total. The highest BCUT2D eigenvalue weighted by Gasteiger charge is 2.05. The average molecular weight is 349 g/mol. The smallest absolute Gasteiger partial charge is 0.345 e. The normalized spacial score (nSPS) is 10.4. The Balaban J connectivity index is 1.82. The van der Waals surface area contributed by atoms with Gasteiger partial charge in [0.2, 0.25) is 0 Å². The molecular weight excluding hydrogens is 334 g/mol. The summed E-state index contributed by atoms with van der Waals surface area (Å²) in [7, 11) is 0. The van der Waals surface area contributed by atoms with Gasteiger partial charge in [-0.1, -0.05) is 5.11 Å². The summed E-state index contributed by atoms with van der Waals surface area (Å²) in [5.41, 5.74) is 7.85. The molecule has 0 amide bonds. The fourth-order valence-corrected chi connectivity index (χ4v) is 1.89. The predicted octanol–water partition coefficient (Wildman–Crippen LogP) is 2.23. The molecule has 10 heteroatoms. The number of hydrogen-bond donors (Lipinski definition) is 1. The number of ether oxygens (including phenoxy) is 3. The van der Waals surface area contributed by atoms with Gasteiger partial charge < -0.3 is 23.7 Å². The number of fused-ring (bicyclic) bond motifs is 1. The Morgan fingerprint density at radius 2 is 1.96 bits per heavy atom. The minimum atomic E-state index is -1.03. The second-order valence-corrected chi connectivity index (χ2v) is 4.72. The Bertz CT molecular complexity index is 843. The van der Waals surface area contributed by atoms with Gasteiger partial charge in [-0.15, -0.1) is 0 Å². The van der Waals surface area contributed by atoms with E-state index in [9.17, 15) is 9.59 Å². The molecule has 0 spiro atoms. The first-order chi connectivity index (χ1) is 12.1. The number of azide groups is 1. The summed E-state index contributed by atoms with van der Waals surface area (Å²) in [6, 6.07) is 6.33. The van der Waals surface area contributed by atoms with Crippen LogP contribution in [0.5, 0.6) is 5.75 Å². The molecule has 2 rings (SSSR count). The van der Waals surface area contributed by atoms with Gasteiger partial charge in [-0.3, -0.25) is 0 Å². The maximum absolute atomic E-state index is 11.6. The van der Waals surface area contributed by atoms with Crippen LogP contribution in [0.2, 0.25) is 0 Å². The lowest BCUT2D eigenvalue weighted by molar-refractivity contribution is -0.142. The maximum Gasteiger partial charge on any atom is 0.345 e. The first-order valence-electron chi connectivity index (χ1n) is 7.23. The van der Waals surface area contributed by atoms with E-state index in [1.165, 1.54) is 6.07 Å². The van der Waals surface area contributed by atoms with Crippen LogP contribution in [0.1, 0.15) is 0 Å². The summed E-state index contributed by atoms with van der Waals surface area (Å²) in [6.07, 6.45) is 0. The Labute approximate surface area is 141 Å². The van der Waals surface area contributed by atoms with Gasteiger partial charge in [-0.2, -0.15) is 0 Å². The molecule has 0 aliphatic rings. The van der Waals surface area contributed by atoms with Crippen LogP contribution >= 0.6 is 0 Å². The number of nitrogens with zero attached hydrogens (tertiary/aromatic N) is 3. The van der Waals surface area contributed by atoms with Crippen molar-refractivity contribution in [1.82, 2.24) is 0 Å². The highest BCUT2D eigenvalue weighted by atomic mass is 16.5. The highest BCUT2D eigenvalue weighted by Crippen LogP contribution is 2.22. The van der Waals surface area contributed by atoms with Gasteiger partial charge in [-0.05, 0) is 23.7 Å². The van der Waals surface area contributed by atoms with E-state index in [4.69, 9.17) is 29.3 Å². The van der Waals surface area contributed by atoms with Crippen LogP contribution in [-0.4, -0.2) is 44.1 Å². The van der Waals surface area contributed by atoms with Crippen molar-refractivity contribution in [3.8, 4) is 5.75 Å². The van der Waals surface area contributed by atoms with E-state index in [0.717, 1.165) is 0 Å². The first kappa shape index (κ1) is 18.3. The van der Waals surface area contributed by atoms with Gasteiger partial charge in [0.15, 0.2) is 0 Å². The van der Waals surface area contributed by atoms with Crippen LogP contribution in [0.4, 0.5) is 5.69 Å². The van der Waals surface area contributed by atoms with Gasteiger partial charge in [0, 0.05) is 16.4 Å². The fraction of sp³-hybridized carbons (Fsp3) is 0.333. The zero-order valence-electron chi connectivity index (χ0n) is 13.1. The molecule has 1 aromatic heterocycles. The van der Waals surface area contributed by atoms with E-state index < -0.39 is 11.6 Å². The van der Waals surface area contributed by atoms with E-state index in [1.807, 2.05) is 0 Å². The molecule has 0 unspecified atom stereocenters. The summed E-state index contributed by atoms with van der Waals surface area (Å²) < 4.78 is 20.6. The largest absolute Gasteiger partial charge is 0.491 e. The van der Waals surface area contributed by atoms with Crippen molar-refractivity contribution >= 4 is 22.6 Å². The molecule has 0 radical (unpaired) electrons. The topological polar surface area (TPSA) is 144 Å². The number of benzene rings is 1. The molecule has 2 aromatic rings. The molecule has 0 saturated heterocycles. The van der Waals surface area contributed by atoms with Crippen molar-refractivity contribution in [2.24, 2.45) is 5.11 Å². The molecule has 0 aliphatic carbocycles. The van der Waals surface area contributed by atoms with Crippen LogP contribution in [0.3, 0.4) is 0 Å². The Kier molecular flexibility index (Phi) is 6.78. The van der Waals surface area contributed by atoms with E-state index in [1.54, 1.807) is 18.2 Å². The van der Waals surface area contributed by atoms with Crippen LogP contribution in [-0.2, 0) is 14.3 Å². The summed E-state index contributed by atoms with van der Waals surface area (Å²) in [6.45, 7) is 0.621. The van der Waals surface area contributed by atoms with Gasteiger partial charge in [0.25, 0.3) is 0 Å². The first-order valence-corrected chi connectivity index (χ1v) is 7.23. The van der Waals surface area contributed by atoms with Crippen molar-refractivity contribution < 1.29 is 28.5 Å². The lowest BCUT2D eigenvalue weighted by Crippen LogP contribution is -2.13. The van der Waals surface area contributed by atoms with Crippen LogP contribution < -0.4 is 10.4 Å². The highest BCUT2D eigenvalue weighted by molar-refractivity contribution is 5.80. The Morgan fingerprint density at radius 1 is 1.20 bits per heavy atom. The molecule has 25 heavy (non-hydrogen) atoms. The number of aliphatic carboxylic acids is 1. The molecular formula is C15H15N3O7. The minimum absolute atomic E-state index is 0.109. The average Bonchev–Trinajstić information content (AvgIpc) is 2.58. The summed E-state index contributed by atoms with van der Waals surface area (Å²) in [5.74, 6) is -0.546. The van der Waals surface area contributed by atoms with Crippen molar-refractivity contribution in [2.45, 2.75) is 0 Å². The molecule has 1 aromatic carbocycles. The lowest BCUT2D eigenvalue weighted by Gasteiger charge is -2.08. The monoisotopic (exact) mass is 349 g/mol. The Morgan fingerprint density at radius 3 is 2.72 bits per heavy atom. The number of carbonyl (C=O) groups is 1. The van der Waals surface area contributed by atoms with E-state index in [2.05, 4.69) is 10.0 Å². The SMILES string of the molecule is [N-]=[N+]=Nc1cc2ccc(OCCOCCOCC(=O)O)cc2oc1=O. The molecule has 0 aliphatic heterocycles. The van der Waals surface area contributed by atoms with Crippen LogP contribution in [0, 0.1) is 0 Å². The summed E-state index contributed by atoms with van der Waals surface area (Å²) in [4.78, 5) is 24.4. The van der Waals surface area contributed by atoms with Crippen molar-refractivity contribution in [1.29, 1.82) is 0 Å². The van der Waals surface area contributed by atoms with E-state index in [0.29, 0.717) is 16.7 Å². The molecule has 0 atom stereocenters. The van der Waals surface area contributed by atoms with Gasteiger partial charge in [0.1, 0.15) is 30.2 Å². The van der Waals surface area contributed by atoms with Crippen LogP contribution in [0.15, 0.2) is 38.6 Å². The van der Waals surface area contributed by atoms with Gasteiger partial charge in [0.05, 0.1) is 19.8 Å². The van der Waals surface area contributed by atoms with Crippen molar-refractivity contribution in [2.75, 3.05) is 33.0 Å². The molecule has 0 saturated carbocycles. The summed E-state index contributed by atoms with van der Waals surface area (Å²) >= 11 is 0. The Hall–Kier alpha value is -3.07. The van der Waals surface area contributed by atoms with Gasteiger partial charge in [-0.25, -0.2) is 9.59 Å². The number of carboxylic acids is 1. The minimum Gasteiger partial charge on any atom is -0.491 e. The molecule has 132 valence electrons. The number of rotatable bonds is 10. The fourth-order valence-electron chi connectivity index (χ4n) is 1.89. The molecule has 1 heterocycles. The lowest BCUT2D eigenvalue weighted by atomic mass is 10.2. The van der Waals surface area contributed by atoms with Crippen molar-refractivity contribution in [3.63, 3.8) is 0 Å². The van der Waals surface area contributed by atoms with Gasteiger partial charge >= 0.3 is 11.6 Å². The standard InChI is InChI=1S/C15H15N3O7/c16-18-17-12-7-10-1-2-11(8-13(10)25-15(12)21)24-6-5-22-3-4-23-9-14(19)20/h1-2,7-8H,3-6,9H2,(H,19,20). The van der Waals surface area contributed by atoms with Crippen molar-refractivity contribution in [3.05, 3.63) is 45.1 Å². The molecule has 0 bridgehead atoms. The number of carboxylic acid groups (broad SMARTS) is 1. The third-order valence-electron chi connectivity index (χ3n) is 2.94. The second-order valence-electron chi connectivity index (χ2n) is 4.72. The van der Waals surface area contributed by atoms with Crippen LogP contribution in [0.25, 0.3) is 21.4 Å². The zero-order chi connectivity index (χ0) is 18.1. The third-order valence-corrected chi connectivity index (χ3v) is 2.94. The van der Waals surface area contributed by atoms with E-state index in [-0.39, 0.29) is 38.7 Å². The second kappa shape index (κ2) is 9.28. The number of hydrogen-bond acceptors (Lipinski definition) is 7. The third kappa shape index (κ3) is 5.81. The molecule has 0 fully saturated rings. The van der Waals surface area contributed by atoms with E-state index >= 15 is 0 Å². The molecule has 1 N–H and O–H groups in total.